The van der Waals surface area contributed by atoms with Crippen molar-refractivity contribution in [3.8, 4) is 11.5 Å². The maximum absolute atomic E-state index is 11.6. The Morgan fingerprint density at radius 2 is 1.42 bits per heavy atom. The Morgan fingerprint density at radius 3 is 2.03 bits per heavy atom. The zero-order valence-corrected chi connectivity index (χ0v) is 20.0. The van der Waals surface area contributed by atoms with E-state index in [0.29, 0.717) is 30.7 Å². The van der Waals surface area contributed by atoms with Gasteiger partial charge in [-0.25, -0.2) is 4.98 Å². The van der Waals surface area contributed by atoms with Crippen LogP contribution in [0.2, 0.25) is 0 Å². The van der Waals surface area contributed by atoms with E-state index in [9.17, 15) is 10.1 Å². The molecule has 0 bridgehead atoms. The molecule has 3 aromatic rings. The number of aromatic nitrogens is 1. The predicted octanol–water partition coefficient (Wildman–Crippen LogP) is 4.74. The molecule has 0 aliphatic carbocycles. The van der Waals surface area contributed by atoms with Crippen molar-refractivity contribution < 1.29 is 14.4 Å². The van der Waals surface area contributed by atoms with Crippen molar-refractivity contribution in [1.29, 1.82) is 0 Å². The molecular formula is C25H34N4O4. The fraction of sp³-hybridized carbons (Fsp3) is 0.480. The molecule has 3 rings (SSSR count). The van der Waals surface area contributed by atoms with Crippen molar-refractivity contribution in [1.82, 2.24) is 14.8 Å². The number of benzene rings is 2. The first-order valence-corrected chi connectivity index (χ1v) is 11.7. The molecule has 0 unspecified atom stereocenters. The van der Waals surface area contributed by atoms with Gasteiger partial charge in [-0.15, -0.1) is 0 Å². The van der Waals surface area contributed by atoms with Gasteiger partial charge in [-0.3, -0.25) is 10.1 Å². The number of fused-ring (bicyclic) bond motifs is 2. The lowest BCUT2D eigenvalue weighted by atomic mass is 10.1. The van der Waals surface area contributed by atoms with Crippen LogP contribution in [0, 0.1) is 10.1 Å². The lowest BCUT2D eigenvalue weighted by Crippen LogP contribution is -2.28. The van der Waals surface area contributed by atoms with Gasteiger partial charge in [-0.05, 0) is 44.4 Å². The van der Waals surface area contributed by atoms with Crippen LogP contribution in [0.1, 0.15) is 27.7 Å². The summed E-state index contributed by atoms with van der Waals surface area (Å²) in [5.41, 5.74) is 1.40. The Labute approximate surface area is 195 Å². The molecule has 0 aliphatic heterocycles. The molecule has 8 heteroatoms. The lowest BCUT2D eigenvalue weighted by molar-refractivity contribution is -0.385. The molecule has 2 aromatic carbocycles. The van der Waals surface area contributed by atoms with E-state index in [0.717, 1.165) is 49.4 Å². The topological polar surface area (TPSA) is 81.0 Å². The zero-order valence-electron chi connectivity index (χ0n) is 20.0. The highest BCUT2D eigenvalue weighted by atomic mass is 16.6. The first kappa shape index (κ1) is 24.7. The molecule has 8 nitrogen and oxygen atoms in total. The quantitative estimate of drug-likeness (QED) is 0.210. The van der Waals surface area contributed by atoms with Crippen LogP contribution >= 0.6 is 0 Å². The molecule has 0 spiro atoms. The number of rotatable bonds is 13. The normalized spacial score (nSPS) is 11.6. The van der Waals surface area contributed by atoms with E-state index in [1.54, 1.807) is 12.1 Å². The third-order valence-corrected chi connectivity index (χ3v) is 5.99. The molecule has 0 aliphatic rings. The number of hydrogen-bond acceptors (Lipinski definition) is 7. The molecule has 178 valence electrons. The summed E-state index contributed by atoms with van der Waals surface area (Å²) in [6.45, 7) is 14.8. The second-order valence-electron chi connectivity index (χ2n) is 7.86. The Balaban J connectivity index is 1.84. The number of nitro benzene ring substituents is 1. The monoisotopic (exact) mass is 454 g/mol. The summed E-state index contributed by atoms with van der Waals surface area (Å²) in [5.74, 6) is 1.01. The van der Waals surface area contributed by atoms with E-state index in [1.807, 2.05) is 24.3 Å². The summed E-state index contributed by atoms with van der Waals surface area (Å²) in [5, 5.41) is 13.3. The molecule has 0 saturated heterocycles. The summed E-state index contributed by atoms with van der Waals surface area (Å²) in [6, 6.07) is 10.9. The zero-order chi connectivity index (χ0) is 23.8. The van der Waals surface area contributed by atoms with Gasteiger partial charge in [-0.1, -0.05) is 27.7 Å². The van der Waals surface area contributed by atoms with Gasteiger partial charge in [0.1, 0.15) is 19.0 Å². The molecule has 0 atom stereocenters. The van der Waals surface area contributed by atoms with Crippen molar-refractivity contribution in [2.75, 3.05) is 52.5 Å². The summed E-state index contributed by atoms with van der Waals surface area (Å²) in [7, 11) is 0. The first-order valence-electron chi connectivity index (χ1n) is 11.7. The largest absolute Gasteiger partial charge is 0.492 e. The third-order valence-electron chi connectivity index (χ3n) is 5.99. The smallest absolute Gasteiger partial charge is 0.311 e. The van der Waals surface area contributed by atoms with E-state index in [-0.39, 0.29) is 11.4 Å². The predicted molar refractivity (Wildman–Crippen MR) is 132 cm³/mol. The van der Waals surface area contributed by atoms with Gasteiger partial charge >= 0.3 is 5.69 Å². The van der Waals surface area contributed by atoms with Crippen LogP contribution in [0.5, 0.6) is 11.5 Å². The molecule has 0 amide bonds. The fourth-order valence-corrected chi connectivity index (χ4v) is 3.83. The highest BCUT2D eigenvalue weighted by molar-refractivity contribution is 5.95. The van der Waals surface area contributed by atoms with Crippen LogP contribution in [0.4, 0.5) is 5.69 Å². The van der Waals surface area contributed by atoms with Gasteiger partial charge in [0.25, 0.3) is 0 Å². The maximum atomic E-state index is 11.6. The van der Waals surface area contributed by atoms with E-state index >= 15 is 0 Å². The highest BCUT2D eigenvalue weighted by Gasteiger charge is 2.18. The summed E-state index contributed by atoms with van der Waals surface area (Å²) >= 11 is 0. The molecule has 0 fully saturated rings. The summed E-state index contributed by atoms with van der Waals surface area (Å²) in [6.07, 6.45) is 0. The highest BCUT2D eigenvalue weighted by Crippen LogP contribution is 2.33. The molecule has 0 radical (unpaired) electrons. The molecule has 33 heavy (non-hydrogen) atoms. The first-order chi connectivity index (χ1) is 16.0. The number of hydrogen-bond donors (Lipinski definition) is 0. The average molecular weight is 455 g/mol. The van der Waals surface area contributed by atoms with Crippen LogP contribution in [0.3, 0.4) is 0 Å². The molecule has 0 N–H and O–H groups in total. The minimum absolute atomic E-state index is 0.0421. The standard InChI is InChI=1S/C25H34N4O4/c1-5-27(6-2)11-13-32-21-10-9-19-15-20-16-24(29(30)31)25(18-23(20)26-22(19)17-21)33-14-12-28(7-3)8-4/h9-10,15-18H,5-8,11-14H2,1-4H3. The maximum Gasteiger partial charge on any atom is 0.311 e. The Kier molecular flexibility index (Phi) is 8.79. The lowest BCUT2D eigenvalue weighted by Gasteiger charge is -2.18. The summed E-state index contributed by atoms with van der Waals surface area (Å²) in [4.78, 5) is 20.5. The van der Waals surface area contributed by atoms with Crippen molar-refractivity contribution in [3.05, 3.63) is 46.5 Å². The molecule has 1 heterocycles. The Hall–Kier alpha value is -2.97. The van der Waals surface area contributed by atoms with Gasteiger partial charge in [0, 0.05) is 42.1 Å². The van der Waals surface area contributed by atoms with E-state index in [1.165, 1.54) is 0 Å². The van der Waals surface area contributed by atoms with E-state index < -0.39 is 4.92 Å². The van der Waals surface area contributed by atoms with Crippen molar-refractivity contribution in [3.63, 3.8) is 0 Å². The molecule has 1 aromatic heterocycles. The number of ether oxygens (including phenoxy) is 2. The van der Waals surface area contributed by atoms with Gasteiger partial charge < -0.3 is 19.3 Å². The van der Waals surface area contributed by atoms with Gasteiger partial charge in [0.15, 0.2) is 5.75 Å². The van der Waals surface area contributed by atoms with Gasteiger partial charge in [0.05, 0.1) is 16.0 Å². The van der Waals surface area contributed by atoms with Crippen LogP contribution in [-0.2, 0) is 0 Å². The van der Waals surface area contributed by atoms with Crippen LogP contribution in [0.15, 0.2) is 36.4 Å². The van der Waals surface area contributed by atoms with E-state index in [4.69, 9.17) is 14.5 Å². The molecule has 0 saturated carbocycles. The minimum Gasteiger partial charge on any atom is -0.492 e. The van der Waals surface area contributed by atoms with Crippen LogP contribution in [0.25, 0.3) is 21.8 Å². The number of nitrogens with zero attached hydrogens (tertiary/aromatic N) is 4. The fourth-order valence-electron chi connectivity index (χ4n) is 3.83. The second kappa shape index (κ2) is 11.8. The number of nitro groups is 1. The van der Waals surface area contributed by atoms with Crippen LogP contribution in [-0.4, -0.2) is 72.2 Å². The Bertz CT molecular complexity index is 1080. The van der Waals surface area contributed by atoms with Gasteiger partial charge in [-0.2, -0.15) is 0 Å². The average Bonchev–Trinajstić information content (AvgIpc) is 2.82. The van der Waals surface area contributed by atoms with Gasteiger partial charge in [0.2, 0.25) is 0 Å². The SMILES string of the molecule is CCN(CC)CCOc1ccc2cc3cc([N+](=O)[O-])c(OCCN(CC)CC)cc3nc2c1. The van der Waals surface area contributed by atoms with Crippen molar-refractivity contribution >= 4 is 27.5 Å². The second-order valence-corrected chi connectivity index (χ2v) is 7.86. The Morgan fingerprint density at radius 1 is 0.818 bits per heavy atom. The molecular weight excluding hydrogens is 420 g/mol. The van der Waals surface area contributed by atoms with Crippen molar-refractivity contribution in [2.24, 2.45) is 0 Å². The van der Waals surface area contributed by atoms with E-state index in [2.05, 4.69) is 37.5 Å². The summed E-state index contributed by atoms with van der Waals surface area (Å²) < 4.78 is 11.8. The third kappa shape index (κ3) is 6.30. The van der Waals surface area contributed by atoms with Crippen LogP contribution < -0.4 is 9.47 Å². The minimum atomic E-state index is -0.400. The van der Waals surface area contributed by atoms with Crippen molar-refractivity contribution in [2.45, 2.75) is 27.7 Å². The number of pyridine rings is 1. The number of likely N-dealkylation sites (N-methyl/N-ethyl adjacent to an activating group) is 2.